The number of halogens is 4. The molecule has 0 bridgehead atoms. The first kappa shape index (κ1) is 22.6. The van der Waals surface area contributed by atoms with Gasteiger partial charge in [-0.25, -0.2) is 23.1 Å². The van der Waals surface area contributed by atoms with Gasteiger partial charge >= 0.3 is 0 Å². The molecule has 166 valence electrons. The molecule has 4 rings (SSSR count). The van der Waals surface area contributed by atoms with Gasteiger partial charge in [0.15, 0.2) is 22.7 Å². The third kappa shape index (κ3) is 3.74. The van der Waals surface area contributed by atoms with Gasteiger partial charge in [0.1, 0.15) is 18.2 Å². The first-order valence-corrected chi connectivity index (χ1v) is 8.84. The summed E-state index contributed by atoms with van der Waals surface area (Å²) in [5.41, 5.74) is 1.11. The third-order valence-electron chi connectivity index (χ3n) is 5.07. The number of hydrogen-bond acceptors (Lipinski definition) is 7. The van der Waals surface area contributed by atoms with E-state index in [2.05, 4.69) is 15.3 Å². The fourth-order valence-corrected chi connectivity index (χ4v) is 3.50. The number of anilines is 1. The van der Waals surface area contributed by atoms with Gasteiger partial charge in [-0.15, -0.1) is 12.4 Å². The van der Waals surface area contributed by atoms with Gasteiger partial charge < -0.3 is 25.3 Å². The minimum absolute atomic E-state index is 0. The van der Waals surface area contributed by atoms with Crippen LogP contribution in [0.2, 0.25) is 0 Å². The second kappa shape index (κ2) is 8.23. The average molecular weight is 459 g/mol. The van der Waals surface area contributed by atoms with Gasteiger partial charge in [0.25, 0.3) is 11.9 Å². The van der Waals surface area contributed by atoms with Crippen molar-refractivity contribution in [1.29, 1.82) is 0 Å². The lowest BCUT2D eigenvalue weighted by molar-refractivity contribution is 0.00905. The molecule has 31 heavy (non-hydrogen) atoms. The van der Waals surface area contributed by atoms with Crippen LogP contribution in [-0.2, 0) is 15.0 Å². The molecule has 1 aromatic carbocycles. The number of carbonyl (C=O) groups is 1. The van der Waals surface area contributed by atoms with E-state index in [4.69, 9.17) is 19.9 Å². The van der Waals surface area contributed by atoms with Crippen molar-refractivity contribution < 1.29 is 32.2 Å². The topological polar surface area (TPSA) is 108 Å². The van der Waals surface area contributed by atoms with Gasteiger partial charge in [0.2, 0.25) is 0 Å². The van der Waals surface area contributed by atoms with Crippen LogP contribution in [0.5, 0.6) is 5.75 Å². The maximum atomic E-state index is 15.5. The Labute approximate surface area is 181 Å². The standard InChI is InChI=1S/C19H17F3N4O4.ClH/c1-28-11-5-14(21)15(24-6-11)16(27)25-10-2-3-13(20)12(4-10)19-9-29-7-18(19,22)8-30-17(23)26-19;/h2-6H,7-9H2,1H3,(H2,23,26)(H,25,27);1H/t18-,19-;/m1./s1. The number of carbonyl (C=O) groups excluding carboxylic acids is 1. The molecule has 1 fully saturated rings. The molecule has 0 radical (unpaired) electrons. The Morgan fingerprint density at radius 1 is 1.23 bits per heavy atom. The number of methoxy groups -OCH3 is 1. The Hall–Kier alpha value is -3.05. The molecule has 3 N–H and O–H groups in total. The van der Waals surface area contributed by atoms with E-state index in [0.29, 0.717) is 0 Å². The summed E-state index contributed by atoms with van der Waals surface area (Å²) in [6.45, 7) is -1.09. The normalized spacial score (nSPS) is 24.3. The number of nitrogens with zero attached hydrogens (tertiary/aromatic N) is 2. The van der Waals surface area contributed by atoms with E-state index in [1.807, 2.05) is 0 Å². The molecule has 2 atom stereocenters. The van der Waals surface area contributed by atoms with Crippen molar-refractivity contribution in [2.24, 2.45) is 10.7 Å². The second-order valence-corrected chi connectivity index (χ2v) is 6.91. The Morgan fingerprint density at radius 2 is 2.00 bits per heavy atom. The van der Waals surface area contributed by atoms with Crippen LogP contribution in [0.25, 0.3) is 0 Å². The van der Waals surface area contributed by atoms with Crippen molar-refractivity contribution in [3.05, 3.63) is 53.4 Å². The maximum Gasteiger partial charge on any atom is 0.283 e. The van der Waals surface area contributed by atoms with Crippen LogP contribution in [0.1, 0.15) is 16.1 Å². The summed E-state index contributed by atoms with van der Waals surface area (Å²) in [6, 6.07) is 4.20. The molecular weight excluding hydrogens is 441 g/mol. The average Bonchev–Trinajstić information content (AvgIpc) is 3.06. The summed E-state index contributed by atoms with van der Waals surface area (Å²) in [5.74, 6) is -2.41. The number of fused-ring (bicyclic) bond motifs is 1. The van der Waals surface area contributed by atoms with Crippen LogP contribution in [0.3, 0.4) is 0 Å². The summed E-state index contributed by atoms with van der Waals surface area (Å²) in [5, 5.41) is 2.42. The van der Waals surface area contributed by atoms with Crippen LogP contribution < -0.4 is 15.8 Å². The number of hydrogen-bond donors (Lipinski definition) is 2. The van der Waals surface area contributed by atoms with Gasteiger partial charge in [0.05, 0.1) is 26.5 Å². The van der Waals surface area contributed by atoms with Gasteiger partial charge in [-0.3, -0.25) is 4.79 Å². The smallest absolute Gasteiger partial charge is 0.283 e. The number of nitrogens with one attached hydrogen (secondary N) is 1. The molecule has 0 saturated carbocycles. The highest BCUT2D eigenvalue weighted by Gasteiger charge is 2.62. The highest BCUT2D eigenvalue weighted by atomic mass is 35.5. The predicted molar refractivity (Wildman–Crippen MR) is 106 cm³/mol. The molecule has 12 heteroatoms. The zero-order valence-corrected chi connectivity index (χ0v) is 17.0. The van der Waals surface area contributed by atoms with E-state index >= 15 is 4.39 Å². The summed E-state index contributed by atoms with van der Waals surface area (Å²) in [6.07, 6.45) is 1.18. The zero-order chi connectivity index (χ0) is 21.5. The summed E-state index contributed by atoms with van der Waals surface area (Å²) in [7, 11) is 1.33. The number of benzene rings is 1. The Kier molecular flexibility index (Phi) is 6.01. The summed E-state index contributed by atoms with van der Waals surface area (Å²) < 4.78 is 59.4. The molecule has 1 aromatic heterocycles. The lowest BCUT2D eigenvalue weighted by Gasteiger charge is -2.38. The molecule has 0 aliphatic carbocycles. The van der Waals surface area contributed by atoms with Crippen molar-refractivity contribution in [3.8, 4) is 5.75 Å². The van der Waals surface area contributed by atoms with Crippen LogP contribution >= 0.6 is 12.4 Å². The largest absolute Gasteiger partial charge is 0.495 e. The highest BCUT2D eigenvalue weighted by molar-refractivity contribution is 6.03. The number of ether oxygens (including phenoxy) is 3. The molecule has 3 heterocycles. The van der Waals surface area contributed by atoms with Gasteiger partial charge in [-0.2, -0.15) is 0 Å². The molecule has 1 amide bonds. The van der Waals surface area contributed by atoms with E-state index in [1.54, 1.807) is 0 Å². The van der Waals surface area contributed by atoms with E-state index in [-0.39, 0.29) is 48.6 Å². The van der Waals surface area contributed by atoms with Gasteiger partial charge in [-0.1, -0.05) is 0 Å². The minimum Gasteiger partial charge on any atom is -0.495 e. The number of nitrogens with two attached hydrogens (primary N) is 1. The van der Waals surface area contributed by atoms with Crippen molar-refractivity contribution in [1.82, 2.24) is 4.98 Å². The number of amidine groups is 1. The molecule has 0 spiro atoms. The fourth-order valence-electron chi connectivity index (χ4n) is 3.50. The molecule has 2 aromatic rings. The van der Waals surface area contributed by atoms with Crippen molar-refractivity contribution in [2.45, 2.75) is 11.2 Å². The number of aromatic nitrogens is 1. The molecule has 2 aliphatic rings. The zero-order valence-electron chi connectivity index (χ0n) is 16.2. The number of amides is 1. The van der Waals surface area contributed by atoms with E-state index in [0.717, 1.165) is 12.1 Å². The van der Waals surface area contributed by atoms with Crippen LogP contribution in [0.4, 0.5) is 18.9 Å². The SMILES string of the molecule is COc1cnc(C(=O)Nc2ccc(F)c([C@]34COC[C@@]3(F)COC(N)=N4)c2)c(F)c1.Cl. The Balaban J connectivity index is 0.00000272. The lowest BCUT2D eigenvalue weighted by Crippen LogP contribution is -2.55. The minimum atomic E-state index is -2.15. The summed E-state index contributed by atoms with van der Waals surface area (Å²) >= 11 is 0. The van der Waals surface area contributed by atoms with Crippen LogP contribution in [-0.4, -0.2) is 49.5 Å². The molecule has 0 unspecified atom stereocenters. The highest BCUT2D eigenvalue weighted by Crippen LogP contribution is 2.48. The molecule has 2 aliphatic heterocycles. The predicted octanol–water partition coefficient (Wildman–Crippen LogP) is 2.32. The Bertz CT molecular complexity index is 1060. The number of aliphatic imine (C=N–C) groups is 1. The lowest BCUT2D eigenvalue weighted by atomic mass is 9.78. The maximum absolute atomic E-state index is 15.5. The molecular formula is C19H18ClF3N4O4. The van der Waals surface area contributed by atoms with Crippen molar-refractivity contribution in [2.75, 3.05) is 32.2 Å². The molecule has 8 nitrogen and oxygen atoms in total. The number of rotatable bonds is 4. The van der Waals surface area contributed by atoms with E-state index in [9.17, 15) is 13.6 Å². The molecule has 1 saturated heterocycles. The first-order valence-electron chi connectivity index (χ1n) is 8.84. The van der Waals surface area contributed by atoms with Crippen LogP contribution in [0, 0.1) is 11.6 Å². The third-order valence-corrected chi connectivity index (χ3v) is 5.07. The quantitative estimate of drug-likeness (QED) is 0.728. The monoisotopic (exact) mass is 458 g/mol. The second-order valence-electron chi connectivity index (χ2n) is 6.91. The van der Waals surface area contributed by atoms with E-state index < -0.39 is 41.1 Å². The number of alkyl halides is 1. The Morgan fingerprint density at radius 3 is 2.71 bits per heavy atom. The van der Waals surface area contributed by atoms with Gasteiger partial charge in [-0.05, 0) is 18.2 Å². The first-order chi connectivity index (χ1) is 14.3. The number of pyridine rings is 1. The fraction of sp³-hybridized carbons (Fsp3) is 0.316. The van der Waals surface area contributed by atoms with Crippen LogP contribution in [0.15, 0.2) is 35.5 Å². The van der Waals surface area contributed by atoms with Crippen molar-refractivity contribution >= 4 is 30.0 Å². The summed E-state index contributed by atoms with van der Waals surface area (Å²) in [4.78, 5) is 20.2. The van der Waals surface area contributed by atoms with Gasteiger partial charge in [0, 0.05) is 17.3 Å². The van der Waals surface area contributed by atoms with Crippen molar-refractivity contribution in [3.63, 3.8) is 0 Å². The van der Waals surface area contributed by atoms with E-state index in [1.165, 1.54) is 25.4 Å².